The third-order valence-corrected chi connectivity index (χ3v) is 5.47. The summed E-state index contributed by atoms with van der Waals surface area (Å²) >= 11 is 0. The normalized spacial score (nSPS) is 17.5. The lowest BCUT2D eigenvalue weighted by molar-refractivity contribution is -0.117. The Hall–Kier alpha value is -3.41. The molecule has 4 heterocycles. The summed E-state index contributed by atoms with van der Waals surface area (Å²) in [6, 6.07) is 10.1. The molecule has 2 aromatic heterocycles. The maximum Gasteiger partial charge on any atom is 0.227 e. The van der Waals surface area contributed by atoms with Crippen molar-refractivity contribution in [1.29, 1.82) is 0 Å². The Morgan fingerprint density at radius 1 is 1.14 bits per heavy atom. The second kappa shape index (κ2) is 6.88. The smallest absolute Gasteiger partial charge is 0.227 e. The van der Waals surface area contributed by atoms with E-state index in [9.17, 15) is 4.79 Å². The summed E-state index contributed by atoms with van der Waals surface area (Å²) in [6.07, 6.45) is 6.91. The summed E-state index contributed by atoms with van der Waals surface area (Å²) in [5, 5.41) is 3.32. The number of nitrogens with zero attached hydrogens (tertiary/aromatic N) is 3. The predicted octanol–water partition coefficient (Wildman–Crippen LogP) is 4.78. The average Bonchev–Trinajstić information content (AvgIpc) is 3.14. The molecule has 1 N–H and O–H groups in total. The van der Waals surface area contributed by atoms with Gasteiger partial charge in [-0.1, -0.05) is 0 Å². The van der Waals surface area contributed by atoms with Crippen LogP contribution in [0, 0.1) is 6.92 Å². The number of pyridine rings is 2. The number of aromatic nitrogens is 2. The number of fused-ring (bicyclic) bond motifs is 3. The molecule has 3 aromatic rings. The van der Waals surface area contributed by atoms with E-state index in [0.29, 0.717) is 6.42 Å². The molecule has 1 unspecified atom stereocenters. The lowest BCUT2D eigenvalue weighted by atomic mass is 9.94. The molecule has 2 aliphatic heterocycles. The van der Waals surface area contributed by atoms with Crippen molar-refractivity contribution in [2.45, 2.75) is 32.8 Å². The van der Waals surface area contributed by atoms with E-state index in [1.165, 1.54) is 0 Å². The third-order valence-electron chi connectivity index (χ3n) is 5.47. The molecular formula is C23H22N4O2. The van der Waals surface area contributed by atoms with Crippen molar-refractivity contribution in [2.24, 2.45) is 0 Å². The minimum atomic E-state index is -0.110. The Bertz CT molecular complexity index is 1110. The zero-order valence-corrected chi connectivity index (χ0v) is 16.5. The highest BCUT2D eigenvalue weighted by atomic mass is 16.5. The van der Waals surface area contributed by atoms with Crippen molar-refractivity contribution in [3.05, 3.63) is 60.0 Å². The minimum Gasteiger partial charge on any atom is -0.485 e. The number of hydrogen-bond acceptors (Lipinski definition) is 5. The first-order valence-corrected chi connectivity index (χ1v) is 9.88. The van der Waals surface area contributed by atoms with Crippen LogP contribution in [-0.4, -0.2) is 22.4 Å². The van der Waals surface area contributed by atoms with Crippen LogP contribution in [0.25, 0.3) is 11.1 Å². The maximum absolute atomic E-state index is 12.1. The van der Waals surface area contributed by atoms with Crippen LogP contribution < -0.4 is 15.0 Å². The Balaban J connectivity index is 1.48. The van der Waals surface area contributed by atoms with E-state index >= 15 is 0 Å². The van der Waals surface area contributed by atoms with Crippen molar-refractivity contribution in [3.63, 3.8) is 0 Å². The molecule has 6 heteroatoms. The topological polar surface area (TPSA) is 67.4 Å². The van der Waals surface area contributed by atoms with Crippen LogP contribution in [0.5, 0.6) is 5.75 Å². The second-order valence-electron chi connectivity index (χ2n) is 7.62. The van der Waals surface area contributed by atoms with E-state index in [2.05, 4.69) is 15.3 Å². The highest BCUT2D eigenvalue weighted by Crippen LogP contribution is 2.44. The summed E-state index contributed by atoms with van der Waals surface area (Å²) in [4.78, 5) is 22.7. The van der Waals surface area contributed by atoms with Crippen molar-refractivity contribution < 1.29 is 9.53 Å². The maximum atomic E-state index is 12.1. The number of benzene rings is 1. The first-order chi connectivity index (χ1) is 14.1. The highest BCUT2D eigenvalue weighted by Gasteiger charge is 2.27. The number of rotatable bonds is 3. The number of anilines is 3. The van der Waals surface area contributed by atoms with Crippen molar-refractivity contribution in [2.75, 3.05) is 16.8 Å². The van der Waals surface area contributed by atoms with Crippen LogP contribution in [0.2, 0.25) is 0 Å². The number of carbonyl (C=O) groups excluding carboxylic acids is 1. The zero-order valence-electron chi connectivity index (χ0n) is 16.5. The fourth-order valence-corrected chi connectivity index (χ4v) is 4.05. The van der Waals surface area contributed by atoms with Crippen LogP contribution in [0.1, 0.15) is 37.0 Å². The SMILES string of the molecule is Cc1cncc(Nc2cc3c(cn2)-c2ccc(N4CCCC4=O)cc2OC3C)c1. The van der Waals surface area contributed by atoms with Crippen LogP contribution >= 0.6 is 0 Å². The quantitative estimate of drug-likeness (QED) is 0.702. The molecule has 1 fully saturated rings. The summed E-state index contributed by atoms with van der Waals surface area (Å²) in [7, 11) is 0. The molecule has 0 aliphatic carbocycles. The Labute approximate surface area is 169 Å². The van der Waals surface area contributed by atoms with Gasteiger partial charge in [0.1, 0.15) is 17.7 Å². The molecule has 1 atom stereocenters. The highest BCUT2D eigenvalue weighted by molar-refractivity contribution is 5.96. The number of nitrogens with one attached hydrogen (secondary N) is 1. The molecule has 146 valence electrons. The number of ether oxygens (including phenoxy) is 1. The van der Waals surface area contributed by atoms with Crippen molar-refractivity contribution in [3.8, 4) is 16.9 Å². The van der Waals surface area contributed by atoms with Gasteiger partial charge in [-0.15, -0.1) is 0 Å². The van der Waals surface area contributed by atoms with Gasteiger partial charge < -0.3 is 15.0 Å². The van der Waals surface area contributed by atoms with Gasteiger partial charge in [0.25, 0.3) is 0 Å². The molecule has 0 spiro atoms. The summed E-state index contributed by atoms with van der Waals surface area (Å²) in [6.45, 7) is 4.82. The molecule has 29 heavy (non-hydrogen) atoms. The summed E-state index contributed by atoms with van der Waals surface area (Å²) in [5.41, 5.74) is 6.05. The summed E-state index contributed by atoms with van der Waals surface area (Å²) in [5.74, 6) is 1.74. The predicted molar refractivity (Wildman–Crippen MR) is 113 cm³/mol. The van der Waals surface area contributed by atoms with E-state index in [1.54, 1.807) is 6.20 Å². The third kappa shape index (κ3) is 3.20. The standard InChI is InChI=1S/C23H22N4O2/c1-14-8-16(12-24-11-14)26-22-10-19-15(2)29-21-9-17(27-7-3-4-23(27)28)5-6-18(21)20(19)13-25-22/h5-6,8-13,15H,3-4,7H2,1-2H3,(H,25,26). The van der Waals surface area contributed by atoms with Gasteiger partial charge in [-0.3, -0.25) is 9.78 Å². The molecule has 5 rings (SSSR count). The minimum absolute atomic E-state index is 0.110. The van der Waals surface area contributed by atoms with Gasteiger partial charge in [-0.25, -0.2) is 4.98 Å². The number of amides is 1. The van der Waals surface area contributed by atoms with Crippen molar-refractivity contribution >= 4 is 23.1 Å². The van der Waals surface area contributed by atoms with Gasteiger partial charge in [0, 0.05) is 53.8 Å². The van der Waals surface area contributed by atoms with Crippen LogP contribution in [0.3, 0.4) is 0 Å². The second-order valence-corrected chi connectivity index (χ2v) is 7.62. The first kappa shape index (κ1) is 17.7. The largest absolute Gasteiger partial charge is 0.485 e. The molecular weight excluding hydrogens is 364 g/mol. The molecule has 1 amide bonds. The molecule has 1 aromatic carbocycles. The molecule has 0 saturated carbocycles. The molecule has 6 nitrogen and oxygen atoms in total. The zero-order chi connectivity index (χ0) is 20.0. The Morgan fingerprint density at radius 3 is 2.83 bits per heavy atom. The van der Waals surface area contributed by atoms with E-state index in [4.69, 9.17) is 4.74 Å². The number of hydrogen-bond donors (Lipinski definition) is 1. The lowest BCUT2D eigenvalue weighted by Gasteiger charge is -2.28. The Kier molecular flexibility index (Phi) is 4.19. The molecule has 0 radical (unpaired) electrons. The Morgan fingerprint density at radius 2 is 2.03 bits per heavy atom. The van der Waals surface area contributed by atoms with Gasteiger partial charge in [-0.05, 0) is 50.1 Å². The summed E-state index contributed by atoms with van der Waals surface area (Å²) < 4.78 is 6.21. The molecule has 1 saturated heterocycles. The number of carbonyl (C=O) groups is 1. The molecule has 0 bridgehead atoms. The van der Waals surface area contributed by atoms with E-state index in [-0.39, 0.29) is 12.0 Å². The van der Waals surface area contributed by atoms with E-state index in [1.807, 2.05) is 61.5 Å². The molecule has 2 aliphatic rings. The van der Waals surface area contributed by atoms with Gasteiger partial charge in [0.15, 0.2) is 0 Å². The monoisotopic (exact) mass is 386 g/mol. The fourth-order valence-electron chi connectivity index (χ4n) is 4.05. The lowest BCUT2D eigenvalue weighted by Crippen LogP contribution is -2.24. The van der Waals surface area contributed by atoms with Gasteiger partial charge in [-0.2, -0.15) is 0 Å². The fraction of sp³-hybridized carbons (Fsp3) is 0.261. The van der Waals surface area contributed by atoms with Crippen LogP contribution in [-0.2, 0) is 4.79 Å². The van der Waals surface area contributed by atoms with Crippen LogP contribution in [0.4, 0.5) is 17.2 Å². The van der Waals surface area contributed by atoms with E-state index in [0.717, 1.165) is 58.2 Å². The van der Waals surface area contributed by atoms with E-state index < -0.39 is 0 Å². The van der Waals surface area contributed by atoms with Crippen molar-refractivity contribution in [1.82, 2.24) is 9.97 Å². The van der Waals surface area contributed by atoms with Gasteiger partial charge in [0.05, 0.1) is 11.9 Å². The number of aryl methyl sites for hydroxylation is 1. The first-order valence-electron chi connectivity index (χ1n) is 9.88. The van der Waals surface area contributed by atoms with Crippen LogP contribution in [0.15, 0.2) is 48.9 Å². The van der Waals surface area contributed by atoms with Gasteiger partial charge >= 0.3 is 0 Å². The van der Waals surface area contributed by atoms with Gasteiger partial charge in [0.2, 0.25) is 5.91 Å². The average molecular weight is 386 g/mol.